The lowest BCUT2D eigenvalue weighted by Crippen LogP contribution is -2.20. The predicted molar refractivity (Wildman–Crippen MR) is 112 cm³/mol. The van der Waals surface area contributed by atoms with Gasteiger partial charge in [-0.1, -0.05) is 35.1 Å². The van der Waals surface area contributed by atoms with Crippen LogP contribution in [-0.4, -0.2) is 29.5 Å². The van der Waals surface area contributed by atoms with Crippen LogP contribution in [0.4, 0.5) is 0 Å². The molecule has 0 N–H and O–H groups in total. The lowest BCUT2D eigenvalue weighted by molar-refractivity contribution is 0.0990. The van der Waals surface area contributed by atoms with E-state index in [-0.39, 0.29) is 11.7 Å². The number of aromatic nitrogens is 1. The number of thiazole rings is 1. The number of amides is 1. The fourth-order valence-electron chi connectivity index (χ4n) is 2.91. The summed E-state index contributed by atoms with van der Waals surface area (Å²) in [6.07, 6.45) is 0. The van der Waals surface area contributed by atoms with E-state index in [1.807, 2.05) is 30.5 Å². The molecule has 5 nitrogen and oxygen atoms in total. The van der Waals surface area contributed by atoms with Crippen molar-refractivity contribution in [1.29, 1.82) is 0 Å². The Balaban J connectivity index is 2.07. The summed E-state index contributed by atoms with van der Waals surface area (Å²) in [6, 6.07) is 10.3. The molecule has 0 spiro atoms. The third-order valence-corrected chi connectivity index (χ3v) is 5.88. The highest BCUT2D eigenvalue weighted by Crippen LogP contribution is 2.27. The SMILES string of the molecule is CCOCCn1c(=NC(=O)c2ccc(C(C)=O)cc2)sc2ccc(Cl)c(C)c21. The standard InChI is InChI=1S/C21H21ClN2O3S/c1-4-27-12-11-24-19-13(2)17(22)9-10-18(19)28-21(24)23-20(26)16-7-5-15(6-8-16)14(3)25/h5-10H,4,11-12H2,1-3H3. The second-order valence-corrected chi connectivity index (χ2v) is 7.72. The maximum absolute atomic E-state index is 12.7. The van der Waals surface area contributed by atoms with E-state index in [4.69, 9.17) is 16.3 Å². The molecule has 3 aromatic rings. The van der Waals surface area contributed by atoms with Crippen LogP contribution in [0.25, 0.3) is 10.2 Å². The van der Waals surface area contributed by atoms with Crippen LogP contribution in [0.15, 0.2) is 41.4 Å². The van der Waals surface area contributed by atoms with Gasteiger partial charge in [0.2, 0.25) is 0 Å². The van der Waals surface area contributed by atoms with Crippen molar-refractivity contribution < 1.29 is 14.3 Å². The Labute approximate surface area is 172 Å². The van der Waals surface area contributed by atoms with Crippen LogP contribution in [0.3, 0.4) is 0 Å². The zero-order chi connectivity index (χ0) is 20.3. The number of ether oxygens (including phenoxy) is 1. The van der Waals surface area contributed by atoms with E-state index in [1.165, 1.54) is 18.3 Å². The van der Waals surface area contributed by atoms with Crippen LogP contribution in [0, 0.1) is 6.92 Å². The quantitative estimate of drug-likeness (QED) is 0.434. The Morgan fingerprint density at radius 1 is 1.14 bits per heavy atom. The second kappa shape index (κ2) is 8.82. The van der Waals surface area contributed by atoms with Crippen LogP contribution in [-0.2, 0) is 11.3 Å². The van der Waals surface area contributed by atoms with Gasteiger partial charge in [-0.15, -0.1) is 0 Å². The molecule has 1 amide bonds. The van der Waals surface area contributed by atoms with Crippen molar-refractivity contribution in [3.63, 3.8) is 0 Å². The normalized spacial score (nSPS) is 11.9. The third-order valence-electron chi connectivity index (χ3n) is 4.43. The van der Waals surface area contributed by atoms with Crippen molar-refractivity contribution in [3.8, 4) is 0 Å². The van der Waals surface area contributed by atoms with E-state index in [9.17, 15) is 9.59 Å². The number of nitrogens with zero attached hydrogens (tertiary/aromatic N) is 2. The van der Waals surface area contributed by atoms with Gasteiger partial charge >= 0.3 is 0 Å². The van der Waals surface area contributed by atoms with Gasteiger partial charge < -0.3 is 9.30 Å². The highest BCUT2D eigenvalue weighted by atomic mass is 35.5. The molecule has 0 fully saturated rings. The smallest absolute Gasteiger partial charge is 0.279 e. The zero-order valence-corrected chi connectivity index (χ0v) is 17.6. The molecule has 0 saturated heterocycles. The number of aryl methyl sites for hydroxylation is 1. The molecule has 7 heteroatoms. The fraction of sp³-hybridized carbons (Fsp3) is 0.286. The highest BCUT2D eigenvalue weighted by molar-refractivity contribution is 7.16. The number of hydrogen-bond donors (Lipinski definition) is 0. The Morgan fingerprint density at radius 3 is 2.46 bits per heavy atom. The van der Waals surface area contributed by atoms with Gasteiger partial charge in [-0.3, -0.25) is 9.59 Å². The summed E-state index contributed by atoms with van der Waals surface area (Å²) in [5.74, 6) is -0.392. The van der Waals surface area contributed by atoms with Crippen LogP contribution < -0.4 is 4.80 Å². The molecule has 3 rings (SSSR count). The molecule has 0 saturated carbocycles. The summed E-state index contributed by atoms with van der Waals surface area (Å²) in [6.45, 7) is 7.11. The number of carbonyl (C=O) groups excluding carboxylic acids is 2. The molecule has 0 aliphatic carbocycles. The number of hydrogen-bond acceptors (Lipinski definition) is 4. The Bertz CT molecular complexity index is 1100. The minimum Gasteiger partial charge on any atom is -0.380 e. The predicted octanol–water partition coefficient (Wildman–Crippen LogP) is 4.64. The summed E-state index contributed by atoms with van der Waals surface area (Å²) >= 11 is 7.75. The highest BCUT2D eigenvalue weighted by Gasteiger charge is 2.13. The lowest BCUT2D eigenvalue weighted by Gasteiger charge is -2.08. The number of fused-ring (bicyclic) bond motifs is 1. The number of halogens is 1. The van der Waals surface area contributed by atoms with Gasteiger partial charge in [0.15, 0.2) is 10.6 Å². The molecule has 0 aliphatic heterocycles. The third kappa shape index (κ3) is 4.24. The van der Waals surface area contributed by atoms with Crippen molar-refractivity contribution >= 4 is 44.8 Å². The van der Waals surface area contributed by atoms with Gasteiger partial charge in [-0.2, -0.15) is 4.99 Å². The summed E-state index contributed by atoms with van der Waals surface area (Å²) in [4.78, 5) is 29.1. The van der Waals surface area contributed by atoms with Crippen LogP contribution >= 0.6 is 22.9 Å². The summed E-state index contributed by atoms with van der Waals surface area (Å²) in [7, 11) is 0. The minimum atomic E-state index is -0.351. The first-order valence-corrected chi connectivity index (χ1v) is 10.2. The van der Waals surface area contributed by atoms with E-state index in [1.54, 1.807) is 24.3 Å². The van der Waals surface area contributed by atoms with Gasteiger partial charge in [-0.25, -0.2) is 0 Å². The Hall–Kier alpha value is -2.28. The van der Waals surface area contributed by atoms with Crippen LogP contribution in [0.5, 0.6) is 0 Å². The van der Waals surface area contributed by atoms with E-state index < -0.39 is 0 Å². The van der Waals surface area contributed by atoms with Crippen molar-refractivity contribution in [3.05, 3.63) is 62.9 Å². The lowest BCUT2D eigenvalue weighted by atomic mass is 10.1. The topological polar surface area (TPSA) is 60.7 Å². The molecule has 1 aromatic heterocycles. The summed E-state index contributed by atoms with van der Waals surface area (Å²) in [5.41, 5.74) is 2.92. The number of ketones is 1. The van der Waals surface area contributed by atoms with Gasteiger partial charge in [-0.05, 0) is 50.6 Å². The van der Waals surface area contributed by atoms with Crippen molar-refractivity contribution in [1.82, 2.24) is 4.57 Å². The number of carbonyl (C=O) groups is 2. The zero-order valence-electron chi connectivity index (χ0n) is 16.0. The van der Waals surface area contributed by atoms with Crippen molar-refractivity contribution in [2.45, 2.75) is 27.3 Å². The Morgan fingerprint density at radius 2 is 1.82 bits per heavy atom. The van der Waals surface area contributed by atoms with Gasteiger partial charge in [0.25, 0.3) is 5.91 Å². The molecule has 2 aromatic carbocycles. The van der Waals surface area contributed by atoms with Crippen molar-refractivity contribution in [2.24, 2.45) is 4.99 Å². The number of Topliss-reactive ketones (excluding diaryl/α,β-unsaturated/α-hetero) is 1. The molecule has 28 heavy (non-hydrogen) atoms. The molecular formula is C21H21ClN2O3S. The first-order valence-electron chi connectivity index (χ1n) is 8.98. The molecule has 0 aliphatic rings. The van der Waals surface area contributed by atoms with Crippen LogP contribution in [0.2, 0.25) is 5.02 Å². The monoisotopic (exact) mass is 416 g/mol. The van der Waals surface area contributed by atoms with E-state index in [0.717, 1.165) is 15.8 Å². The molecule has 0 bridgehead atoms. The average Bonchev–Trinajstić information content (AvgIpc) is 3.03. The average molecular weight is 417 g/mol. The van der Waals surface area contributed by atoms with E-state index in [2.05, 4.69) is 4.99 Å². The van der Waals surface area contributed by atoms with E-state index >= 15 is 0 Å². The molecule has 0 atom stereocenters. The largest absolute Gasteiger partial charge is 0.380 e. The molecular weight excluding hydrogens is 396 g/mol. The first kappa shape index (κ1) is 20.5. The molecule has 0 unspecified atom stereocenters. The summed E-state index contributed by atoms with van der Waals surface area (Å²) in [5, 5.41) is 0.674. The minimum absolute atomic E-state index is 0.0402. The second-order valence-electron chi connectivity index (χ2n) is 6.30. The van der Waals surface area contributed by atoms with Gasteiger partial charge in [0.1, 0.15) is 0 Å². The first-order chi connectivity index (χ1) is 13.4. The maximum atomic E-state index is 12.7. The molecule has 146 valence electrons. The van der Waals surface area contributed by atoms with Gasteiger partial charge in [0, 0.05) is 29.3 Å². The summed E-state index contributed by atoms with van der Waals surface area (Å²) < 4.78 is 8.49. The van der Waals surface area contributed by atoms with Crippen LogP contribution in [0.1, 0.15) is 40.1 Å². The molecule has 0 radical (unpaired) electrons. The van der Waals surface area contributed by atoms with Gasteiger partial charge in [0.05, 0.1) is 16.8 Å². The fourth-order valence-corrected chi connectivity index (χ4v) is 4.17. The molecule has 1 heterocycles. The maximum Gasteiger partial charge on any atom is 0.279 e. The van der Waals surface area contributed by atoms with Crippen molar-refractivity contribution in [2.75, 3.05) is 13.2 Å². The van der Waals surface area contributed by atoms with E-state index in [0.29, 0.717) is 40.7 Å². The Kier molecular flexibility index (Phi) is 6.44. The number of benzene rings is 2. The number of rotatable bonds is 6.